The van der Waals surface area contributed by atoms with Crippen LogP contribution < -0.4 is 5.56 Å². The van der Waals surface area contributed by atoms with Crippen molar-refractivity contribution >= 4 is 0 Å². The third-order valence-corrected chi connectivity index (χ3v) is 3.17. The predicted octanol–water partition coefficient (Wildman–Crippen LogP) is 2.53. The van der Waals surface area contributed by atoms with Gasteiger partial charge in [0.2, 0.25) is 0 Å². The molecule has 0 atom stereocenters. The summed E-state index contributed by atoms with van der Waals surface area (Å²) in [7, 11) is 0. The molecule has 0 fully saturated rings. The van der Waals surface area contributed by atoms with E-state index < -0.39 is 0 Å². The van der Waals surface area contributed by atoms with E-state index in [0.717, 1.165) is 29.9 Å². The first-order valence-corrected chi connectivity index (χ1v) is 6.07. The molecular weight excluding hydrogens is 212 g/mol. The van der Waals surface area contributed by atoms with Crippen LogP contribution in [-0.4, -0.2) is 9.36 Å². The molecule has 0 bridgehead atoms. The van der Waals surface area contributed by atoms with Gasteiger partial charge >= 0.3 is 0 Å². The third kappa shape index (κ3) is 1.82. The number of rotatable bonds is 3. The summed E-state index contributed by atoms with van der Waals surface area (Å²) in [6.07, 6.45) is 0.782. The van der Waals surface area contributed by atoms with Gasteiger partial charge in [0.1, 0.15) is 0 Å². The van der Waals surface area contributed by atoms with E-state index in [0.29, 0.717) is 0 Å². The standard InChI is InChI=1S/C14H18N2O/c1-4-13-11(3)15(5-2)16(14(13)17)12-9-7-6-8-10-12/h6-10H,4-5H2,1-3H3. The topological polar surface area (TPSA) is 26.9 Å². The summed E-state index contributed by atoms with van der Waals surface area (Å²) in [5.74, 6) is 0. The van der Waals surface area contributed by atoms with Crippen molar-refractivity contribution in [2.24, 2.45) is 0 Å². The Morgan fingerprint density at radius 1 is 1.12 bits per heavy atom. The maximum absolute atomic E-state index is 12.3. The molecule has 0 saturated carbocycles. The Morgan fingerprint density at radius 3 is 2.29 bits per heavy atom. The number of hydrogen-bond acceptors (Lipinski definition) is 1. The molecule has 0 aliphatic rings. The van der Waals surface area contributed by atoms with Crippen LogP contribution in [0, 0.1) is 6.92 Å². The van der Waals surface area contributed by atoms with Crippen LogP contribution >= 0.6 is 0 Å². The van der Waals surface area contributed by atoms with Crippen molar-refractivity contribution in [2.75, 3.05) is 0 Å². The highest BCUT2D eigenvalue weighted by molar-refractivity contribution is 5.33. The SMILES string of the molecule is CCc1c(C)n(CC)n(-c2ccccc2)c1=O. The summed E-state index contributed by atoms with van der Waals surface area (Å²) in [5, 5.41) is 0. The average molecular weight is 230 g/mol. The average Bonchev–Trinajstić information content (AvgIpc) is 2.61. The van der Waals surface area contributed by atoms with Crippen LogP contribution in [0.25, 0.3) is 5.69 Å². The fourth-order valence-electron chi connectivity index (χ4n) is 2.31. The summed E-state index contributed by atoms with van der Waals surface area (Å²) in [6.45, 7) is 6.91. The fourth-order valence-corrected chi connectivity index (χ4v) is 2.31. The molecule has 0 amide bonds. The summed E-state index contributed by atoms with van der Waals surface area (Å²) < 4.78 is 3.81. The predicted molar refractivity (Wildman–Crippen MR) is 69.8 cm³/mol. The summed E-state index contributed by atoms with van der Waals surface area (Å²) in [4.78, 5) is 12.3. The van der Waals surface area contributed by atoms with Gasteiger partial charge in [0.05, 0.1) is 5.69 Å². The largest absolute Gasteiger partial charge is 0.282 e. The van der Waals surface area contributed by atoms with Gasteiger partial charge < -0.3 is 0 Å². The molecule has 0 saturated heterocycles. The third-order valence-electron chi connectivity index (χ3n) is 3.17. The van der Waals surface area contributed by atoms with Crippen molar-refractivity contribution in [3.8, 4) is 5.69 Å². The minimum Gasteiger partial charge on any atom is -0.282 e. The molecule has 1 aromatic heterocycles. The maximum Gasteiger partial charge on any atom is 0.274 e. The highest BCUT2D eigenvalue weighted by Crippen LogP contribution is 2.11. The van der Waals surface area contributed by atoms with Gasteiger partial charge in [0.15, 0.2) is 0 Å². The van der Waals surface area contributed by atoms with Gasteiger partial charge in [-0.25, -0.2) is 4.68 Å². The van der Waals surface area contributed by atoms with Crippen molar-refractivity contribution in [2.45, 2.75) is 33.7 Å². The van der Waals surface area contributed by atoms with Crippen LogP contribution in [0.4, 0.5) is 0 Å². The van der Waals surface area contributed by atoms with Crippen molar-refractivity contribution in [3.63, 3.8) is 0 Å². The molecule has 3 nitrogen and oxygen atoms in total. The van der Waals surface area contributed by atoms with Gasteiger partial charge in [-0.3, -0.25) is 9.48 Å². The fraction of sp³-hybridized carbons (Fsp3) is 0.357. The zero-order valence-corrected chi connectivity index (χ0v) is 10.6. The lowest BCUT2D eigenvalue weighted by Gasteiger charge is -2.10. The molecule has 3 heteroatoms. The zero-order valence-electron chi connectivity index (χ0n) is 10.6. The van der Waals surface area contributed by atoms with Gasteiger partial charge in [-0.05, 0) is 32.4 Å². The Labute approximate surface area is 101 Å². The van der Waals surface area contributed by atoms with Crippen molar-refractivity contribution < 1.29 is 0 Å². The van der Waals surface area contributed by atoms with Crippen LogP contribution in [0.3, 0.4) is 0 Å². The molecule has 0 unspecified atom stereocenters. The van der Waals surface area contributed by atoms with E-state index >= 15 is 0 Å². The Balaban J connectivity index is 2.74. The molecule has 0 N–H and O–H groups in total. The molecule has 0 aliphatic carbocycles. The molecule has 1 aromatic carbocycles. The molecule has 0 radical (unpaired) electrons. The second-order valence-electron chi connectivity index (χ2n) is 4.09. The summed E-state index contributed by atoms with van der Waals surface area (Å²) in [6, 6.07) is 9.80. The molecule has 1 heterocycles. The number of para-hydroxylation sites is 1. The quantitative estimate of drug-likeness (QED) is 0.796. The van der Waals surface area contributed by atoms with Gasteiger partial charge in [-0.2, -0.15) is 0 Å². The van der Waals surface area contributed by atoms with Gasteiger partial charge in [-0.15, -0.1) is 0 Å². The van der Waals surface area contributed by atoms with Gasteiger partial charge in [0.25, 0.3) is 5.56 Å². The van der Waals surface area contributed by atoms with Crippen molar-refractivity contribution in [1.29, 1.82) is 0 Å². The smallest absolute Gasteiger partial charge is 0.274 e. The molecule has 2 rings (SSSR count). The number of aromatic nitrogens is 2. The number of hydrogen-bond donors (Lipinski definition) is 0. The lowest BCUT2D eigenvalue weighted by molar-refractivity contribution is 0.559. The minimum atomic E-state index is 0.109. The molecule has 0 spiro atoms. The van der Waals surface area contributed by atoms with E-state index in [1.54, 1.807) is 4.68 Å². The molecule has 17 heavy (non-hydrogen) atoms. The molecule has 0 aliphatic heterocycles. The van der Waals surface area contributed by atoms with E-state index in [2.05, 4.69) is 6.92 Å². The number of benzene rings is 1. The Morgan fingerprint density at radius 2 is 1.76 bits per heavy atom. The lowest BCUT2D eigenvalue weighted by atomic mass is 10.2. The number of nitrogens with zero attached hydrogens (tertiary/aromatic N) is 2. The first-order valence-electron chi connectivity index (χ1n) is 6.07. The molecule has 90 valence electrons. The van der Waals surface area contributed by atoms with E-state index in [4.69, 9.17) is 0 Å². The van der Waals surface area contributed by atoms with E-state index in [-0.39, 0.29) is 5.56 Å². The Kier molecular flexibility index (Phi) is 3.18. The zero-order chi connectivity index (χ0) is 12.4. The normalized spacial score (nSPS) is 10.8. The van der Waals surface area contributed by atoms with Crippen LogP contribution in [0.1, 0.15) is 25.1 Å². The maximum atomic E-state index is 12.3. The van der Waals surface area contributed by atoms with E-state index in [1.807, 2.05) is 48.9 Å². The minimum absolute atomic E-state index is 0.109. The van der Waals surface area contributed by atoms with Crippen molar-refractivity contribution in [1.82, 2.24) is 9.36 Å². The van der Waals surface area contributed by atoms with Gasteiger partial charge in [-0.1, -0.05) is 25.1 Å². The molecular formula is C14H18N2O. The van der Waals surface area contributed by atoms with Crippen molar-refractivity contribution in [3.05, 3.63) is 51.9 Å². The van der Waals surface area contributed by atoms with Crippen LogP contribution in [-0.2, 0) is 13.0 Å². The van der Waals surface area contributed by atoms with E-state index in [1.165, 1.54) is 0 Å². The first kappa shape index (κ1) is 11.7. The van der Waals surface area contributed by atoms with Crippen LogP contribution in [0.5, 0.6) is 0 Å². The summed E-state index contributed by atoms with van der Waals surface area (Å²) >= 11 is 0. The Bertz CT molecular complexity index is 564. The highest BCUT2D eigenvalue weighted by Gasteiger charge is 2.15. The Hall–Kier alpha value is -1.77. The monoisotopic (exact) mass is 230 g/mol. The second-order valence-corrected chi connectivity index (χ2v) is 4.09. The molecule has 2 aromatic rings. The highest BCUT2D eigenvalue weighted by atomic mass is 16.1. The van der Waals surface area contributed by atoms with Crippen LogP contribution in [0.15, 0.2) is 35.1 Å². The summed E-state index contributed by atoms with van der Waals surface area (Å²) in [5.41, 5.74) is 3.03. The van der Waals surface area contributed by atoms with E-state index in [9.17, 15) is 4.79 Å². The second kappa shape index (κ2) is 4.62. The van der Waals surface area contributed by atoms with Gasteiger partial charge in [0, 0.05) is 17.8 Å². The first-order chi connectivity index (χ1) is 8.20. The van der Waals surface area contributed by atoms with Crippen LogP contribution in [0.2, 0.25) is 0 Å². The lowest BCUT2D eigenvalue weighted by Crippen LogP contribution is -2.22.